The second-order valence-corrected chi connectivity index (χ2v) is 5.51. The van der Waals surface area contributed by atoms with Crippen LogP contribution in [0.15, 0.2) is 24.3 Å². The summed E-state index contributed by atoms with van der Waals surface area (Å²) in [7, 11) is 0. The van der Waals surface area contributed by atoms with Gasteiger partial charge in [-0.3, -0.25) is 9.69 Å². The second kappa shape index (κ2) is 8.00. The topological polar surface area (TPSA) is 61.8 Å². The molecule has 1 aliphatic rings. The smallest absolute Gasteiger partial charge is 0.216 e. The van der Waals surface area contributed by atoms with Crippen molar-refractivity contribution in [3.05, 3.63) is 29.8 Å². The van der Waals surface area contributed by atoms with Crippen molar-refractivity contribution in [3.63, 3.8) is 0 Å². The number of benzene rings is 1. The molecule has 1 amide bonds. The average molecular weight is 292 g/mol. The molecule has 5 heteroatoms. The van der Waals surface area contributed by atoms with Gasteiger partial charge in [0.05, 0.1) is 12.7 Å². The molecule has 1 aliphatic heterocycles. The van der Waals surface area contributed by atoms with E-state index in [1.807, 2.05) is 18.2 Å². The van der Waals surface area contributed by atoms with Crippen LogP contribution in [0.25, 0.3) is 0 Å². The van der Waals surface area contributed by atoms with E-state index in [4.69, 9.17) is 4.74 Å². The fraction of sp³-hybridized carbons (Fsp3) is 0.562. The minimum absolute atomic E-state index is 0.00945. The number of carbonyl (C=O) groups excluding carboxylic acids is 1. The summed E-state index contributed by atoms with van der Waals surface area (Å²) in [5, 5.41) is 12.3. The molecule has 0 radical (unpaired) electrons. The number of likely N-dealkylation sites (tertiary alicyclic amines) is 1. The summed E-state index contributed by atoms with van der Waals surface area (Å²) in [4.78, 5) is 13.0. The Balaban J connectivity index is 1.74. The molecule has 0 aliphatic carbocycles. The third-order valence-electron chi connectivity index (χ3n) is 3.52. The number of hydrogen-bond donors (Lipinski definition) is 2. The summed E-state index contributed by atoms with van der Waals surface area (Å²) >= 11 is 0. The largest absolute Gasteiger partial charge is 0.494 e. The zero-order valence-electron chi connectivity index (χ0n) is 12.5. The number of nitrogens with zero attached hydrogens (tertiary/aromatic N) is 1. The Morgan fingerprint density at radius 3 is 3.10 bits per heavy atom. The first-order valence-corrected chi connectivity index (χ1v) is 7.50. The molecular weight excluding hydrogens is 268 g/mol. The van der Waals surface area contributed by atoms with Gasteiger partial charge in [0.1, 0.15) is 5.75 Å². The molecule has 1 atom stereocenters. The van der Waals surface area contributed by atoms with E-state index in [2.05, 4.69) is 16.3 Å². The van der Waals surface area contributed by atoms with Gasteiger partial charge in [-0.05, 0) is 30.5 Å². The Kier molecular flexibility index (Phi) is 6.02. The summed E-state index contributed by atoms with van der Waals surface area (Å²) in [5.41, 5.74) is 1.20. The Labute approximate surface area is 125 Å². The van der Waals surface area contributed by atoms with Crippen LogP contribution < -0.4 is 10.1 Å². The molecule has 1 aromatic rings. The molecular formula is C16H24N2O3. The maximum Gasteiger partial charge on any atom is 0.216 e. The SMILES string of the molecule is CC(=O)NCCCOc1cccc(CN2CCC(O)C2)c1. The van der Waals surface area contributed by atoms with Gasteiger partial charge in [-0.1, -0.05) is 12.1 Å². The summed E-state index contributed by atoms with van der Waals surface area (Å²) in [6, 6.07) is 8.06. The van der Waals surface area contributed by atoms with Gasteiger partial charge in [-0.15, -0.1) is 0 Å². The normalized spacial score (nSPS) is 18.7. The van der Waals surface area contributed by atoms with Gasteiger partial charge < -0.3 is 15.2 Å². The number of carbonyl (C=O) groups is 1. The van der Waals surface area contributed by atoms with Gasteiger partial charge in [0.2, 0.25) is 5.91 Å². The lowest BCUT2D eigenvalue weighted by atomic mass is 10.2. The molecule has 0 spiro atoms. The molecule has 2 rings (SSSR count). The zero-order valence-corrected chi connectivity index (χ0v) is 12.5. The Bertz CT molecular complexity index is 465. The van der Waals surface area contributed by atoms with Crippen molar-refractivity contribution >= 4 is 5.91 Å². The van der Waals surface area contributed by atoms with Crippen molar-refractivity contribution in [3.8, 4) is 5.75 Å². The molecule has 1 aromatic carbocycles. The zero-order chi connectivity index (χ0) is 15.1. The quantitative estimate of drug-likeness (QED) is 0.740. The average Bonchev–Trinajstić information content (AvgIpc) is 2.84. The van der Waals surface area contributed by atoms with Crippen molar-refractivity contribution in [2.24, 2.45) is 0 Å². The van der Waals surface area contributed by atoms with Crippen LogP contribution in [0.1, 0.15) is 25.3 Å². The first-order valence-electron chi connectivity index (χ1n) is 7.50. The highest BCUT2D eigenvalue weighted by molar-refractivity contribution is 5.72. The lowest BCUT2D eigenvalue weighted by Crippen LogP contribution is -2.22. The summed E-state index contributed by atoms with van der Waals surface area (Å²) < 4.78 is 5.69. The molecule has 1 fully saturated rings. The van der Waals surface area contributed by atoms with Crippen LogP contribution in [0.5, 0.6) is 5.75 Å². The molecule has 5 nitrogen and oxygen atoms in total. The highest BCUT2D eigenvalue weighted by atomic mass is 16.5. The van der Waals surface area contributed by atoms with E-state index in [1.165, 1.54) is 12.5 Å². The van der Waals surface area contributed by atoms with Gasteiger partial charge in [0.25, 0.3) is 0 Å². The fourth-order valence-electron chi connectivity index (χ4n) is 2.47. The number of amides is 1. The number of nitrogens with one attached hydrogen (secondary N) is 1. The van der Waals surface area contributed by atoms with Crippen molar-refractivity contribution < 1.29 is 14.6 Å². The van der Waals surface area contributed by atoms with E-state index >= 15 is 0 Å². The third kappa shape index (κ3) is 5.73. The van der Waals surface area contributed by atoms with E-state index < -0.39 is 0 Å². The number of aliphatic hydroxyl groups is 1. The highest BCUT2D eigenvalue weighted by Gasteiger charge is 2.19. The number of rotatable bonds is 7. The Morgan fingerprint density at radius 1 is 1.52 bits per heavy atom. The lowest BCUT2D eigenvalue weighted by molar-refractivity contribution is -0.118. The van der Waals surface area contributed by atoms with Gasteiger partial charge in [0.15, 0.2) is 0 Å². The van der Waals surface area contributed by atoms with E-state index in [0.29, 0.717) is 13.2 Å². The van der Waals surface area contributed by atoms with Crippen LogP contribution in [-0.2, 0) is 11.3 Å². The van der Waals surface area contributed by atoms with Crippen molar-refractivity contribution in [2.75, 3.05) is 26.2 Å². The lowest BCUT2D eigenvalue weighted by Gasteiger charge is -2.15. The minimum atomic E-state index is -0.182. The molecule has 0 aromatic heterocycles. The molecule has 0 saturated carbocycles. The molecule has 21 heavy (non-hydrogen) atoms. The van der Waals surface area contributed by atoms with E-state index in [0.717, 1.165) is 38.2 Å². The van der Waals surface area contributed by atoms with Crippen molar-refractivity contribution in [1.29, 1.82) is 0 Å². The van der Waals surface area contributed by atoms with Crippen LogP contribution in [-0.4, -0.2) is 48.3 Å². The van der Waals surface area contributed by atoms with E-state index in [9.17, 15) is 9.90 Å². The maximum absolute atomic E-state index is 10.7. The van der Waals surface area contributed by atoms with Crippen LogP contribution in [0.2, 0.25) is 0 Å². The van der Waals surface area contributed by atoms with Crippen molar-refractivity contribution in [1.82, 2.24) is 10.2 Å². The van der Waals surface area contributed by atoms with Gasteiger partial charge in [0, 0.05) is 33.1 Å². The summed E-state index contributed by atoms with van der Waals surface area (Å²) in [5.74, 6) is 0.847. The van der Waals surface area contributed by atoms with Gasteiger partial charge in [-0.2, -0.15) is 0 Å². The van der Waals surface area contributed by atoms with E-state index in [1.54, 1.807) is 0 Å². The number of aliphatic hydroxyl groups excluding tert-OH is 1. The highest BCUT2D eigenvalue weighted by Crippen LogP contribution is 2.18. The molecule has 0 bridgehead atoms. The predicted molar refractivity (Wildman–Crippen MR) is 81.1 cm³/mol. The monoisotopic (exact) mass is 292 g/mol. The molecule has 1 heterocycles. The standard InChI is InChI=1S/C16H24N2O3/c1-13(19)17-7-3-9-21-16-5-2-4-14(10-16)11-18-8-6-15(20)12-18/h2,4-5,10,15,20H,3,6-9,11-12H2,1H3,(H,17,19). The van der Waals surface area contributed by atoms with Gasteiger partial charge in [-0.25, -0.2) is 0 Å². The number of β-amino-alcohol motifs (C(OH)–C–C–N with tert-alkyl or cyclic N) is 1. The minimum Gasteiger partial charge on any atom is -0.494 e. The van der Waals surface area contributed by atoms with Crippen molar-refractivity contribution in [2.45, 2.75) is 32.4 Å². The first kappa shape index (κ1) is 15.8. The number of hydrogen-bond acceptors (Lipinski definition) is 4. The molecule has 1 unspecified atom stereocenters. The predicted octanol–water partition coefficient (Wildman–Crippen LogP) is 1.16. The summed E-state index contributed by atoms with van der Waals surface area (Å²) in [6.45, 7) is 5.29. The van der Waals surface area contributed by atoms with Crippen LogP contribution in [0.4, 0.5) is 0 Å². The number of ether oxygens (including phenoxy) is 1. The van der Waals surface area contributed by atoms with Crippen LogP contribution >= 0.6 is 0 Å². The van der Waals surface area contributed by atoms with Crippen LogP contribution in [0.3, 0.4) is 0 Å². The fourth-order valence-corrected chi connectivity index (χ4v) is 2.47. The van der Waals surface area contributed by atoms with Gasteiger partial charge >= 0.3 is 0 Å². The molecule has 116 valence electrons. The third-order valence-corrected chi connectivity index (χ3v) is 3.52. The van der Waals surface area contributed by atoms with E-state index in [-0.39, 0.29) is 12.0 Å². The Hall–Kier alpha value is -1.59. The maximum atomic E-state index is 10.7. The summed E-state index contributed by atoms with van der Waals surface area (Å²) in [6.07, 6.45) is 1.47. The molecule has 1 saturated heterocycles. The Morgan fingerprint density at radius 2 is 2.38 bits per heavy atom. The first-order chi connectivity index (χ1) is 10.1. The second-order valence-electron chi connectivity index (χ2n) is 5.51. The molecule has 2 N–H and O–H groups in total. The van der Waals surface area contributed by atoms with Crippen LogP contribution in [0, 0.1) is 0 Å².